The van der Waals surface area contributed by atoms with E-state index in [1.165, 1.54) is 18.0 Å². The number of nitrogens with zero attached hydrogens (tertiary/aromatic N) is 2. The van der Waals surface area contributed by atoms with Gasteiger partial charge in [-0.1, -0.05) is 65.0 Å². The molecule has 1 unspecified atom stereocenters. The predicted octanol–water partition coefficient (Wildman–Crippen LogP) is 4.27. The molecule has 1 aliphatic heterocycles. The van der Waals surface area contributed by atoms with Crippen LogP contribution in [0.4, 0.5) is 0 Å². The van der Waals surface area contributed by atoms with Gasteiger partial charge in [-0.05, 0) is 75.8 Å². The fourth-order valence-electron chi connectivity index (χ4n) is 7.90. The number of aromatic nitrogens is 2. The fourth-order valence-corrected chi connectivity index (χ4v) is 8.01. The van der Waals surface area contributed by atoms with Crippen molar-refractivity contribution in [2.75, 3.05) is 6.54 Å². The van der Waals surface area contributed by atoms with Crippen molar-refractivity contribution in [1.82, 2.24) is 36.1 Å². The summed E-state index contributed by atoms with van der Waals surface area (Å²) < 4.78 is 6.13. The van der Waals surface area contributed by atoms with E-state index in [1.807, 2.05) is 6.92 Å². The van der Waals surface area contributed by atoms with Crippen molar-refractivity contribution in [3.8, 4) is 5.88 Å². The number of Topliss-reactive ketones (excluding diaryl/α,β-unsaturated/α-hetero) is 2. The number of aryl methyl sites for hydroxylation is 1. The molecular formula is C42H58ClN7O8. The number of pyridine rings is 1. The number of H-pyrrole nitrogens is 1. The van der Waals surface area contributed by atoms with Gasteiger partial charge in [-0.15, -0.1) is 0 Å². The summed E-state index contributed by atoms with van der Waals surface area (Å²) in [7, 11) is 0. The van der Waals surface area contributed by atoms with Crippen molar-refractivity contribution in [3.63, 3.8) is 0 Å². The van der Waals surface area contributed by atoms with Gasteiger partial charge in [0.15, 0.2) is 5.78 Å². The number of hydrogen-bond acceptors (Lipinski definition) is 9. The van der Waals surface area contributed by atoms with E-state index < -0.39 is 71.0 Å². The second kappa shape index (κ2) is 18.9. The summed E-state index contributed by atoms with van der Waals surface area (Å²) in [6.45, 7) is 12.1. The Bertz CT molecular complexity index is 1880. The zero-order valence-corrected chi connectivity index (χ0v) is 35.3. The van der Waals surface area contributed by atoms with Crippen LogP contribution in [0.25, 0.3) is 0 Å². The molecule has 15 nitrogen and oxygen atoms in total. The van der Waals surface area contributed by atoms with E-state index in [4.69, 9.17) is 16.3 Å². The van der Waals surface area contributed by atoms with Gasteiger partial charge in [-0.2, -0.15) is 0 Å². The normalized spacial score (nSPS) is 20.0. The maximum Gasteiger partial charge on any atom is 0.289 e. The molecule has 2 saturated carbocycles. The van der Waals surface area contributed by atoms with Crippen LogP contribution in [0.15, 0.2) is 18.3 Å². The lowest BCUT2D eigenvalue weighted by Crippen LogP contribution is -2.62. The molecule has 316 valence electrons. The van der Waals surface area contributed by atoms with Crippen LogP contribution in [0.3, 0.4) is 0 Å². The first-order chi connectivity index (χ1) is 27.4. The molecule has 5 rings (SSSR count). The standard InChI is InChI=1S/C42H58ClN7O8/c1-8-12-29(35(52)40(56)46-27-16-17-27)47-37(53)30-19-28(58-31-18-15-26(43)20-44-31)21-50(30)41(57)36(42(5,6)7)49-38(54)33(25-13-10-9-11-14-25)48-39(55)34-32(24(4)51)22(2)23(3)45-34/h15,18,20,25,27-30,33,36,45H,8-14,16-17,19,21H2,1-7H3,(H,46,56)(H,47,53)(H,48,55)(H,49,54)/t28?,29-,30-,33-,36+/m0/s1. The van der Waals surface area contributed by atoms with Crippen LogP contribution in [-0.4, -0.2) is 98.8 Å². The van der Waals surface area contributed by atoms with E-state index >= 15 is 0 Å². The van der Waals surface area contributed by atoms with E-state index in [9.17, 15) is 33.6 Å². The number of hydrogen-bond donors (Lipinski definition) is 5. The average Bonchev–Trinajstić information content (AvgIpc) is 3.80. The highest BCUT2D eigenvalue weighted by Gasteiger charge is 2.47. The van der Waals surface area contributed by atoms with Gasteiger partial charge in [-0.3, -0.25) is 33.6 Å². The van der Waals surface area contributed by atoms with Crippen molar-refractivity contribution < 1.29 is 38.3 Å². The highest BCUT2D eigenvalue weighted by Crippen LogP contribution is 2.31. The molecule has 3 aliphatic rings. The molecule has 16 heteroatoms. The molecule has 0 radical (unpaired) electrons. The summed E-state index contributed by atoms with van der Waals surface area (Å²) in [5, 5.41) is 11.7. The van der Waals surface area contributed by atoms with Crippen LogP contribution in [0.5, 0.6) is 5.88 Å². The van der Waals surface area contributed by atoms with Crippen molar-refractivity contribution >= 4 is 52.7 Å². The van der Waals surface area contributed by atoms with E-state index in [2.05, 4.69) is 31.2 Å². The Kier molecular flexibility index (Phi) is 14.4. The fraction of sp³-hybridized carbons (Fsp3) is 0.619. The van der Waals surface area contributed by atoms with Gasteiger partial charge >= 0.3 is 0 Å². The number of amides is 5. The Morgan fingerprint density at radius 1 is 0.983 bits per heavy atom. The molecule has 5 atom stereocenters. The van der Waals surface area contributed by atoms with Crippen molar-refractivity contribution in [2.45, 2.75) is 149 Å². The van der Waals surface area contributed by atoms with Gasteiger partial charge in [0, 0.05) is 30.4 Å². The third-order valence-corrected chi connectivity index (χ3v) is 11.6. The first-order valence-electron chi connectivity index (χ1n) is 20.4. The Morgan fingerprint density at radius 2 is 1.67 bits per heavy atom. The first kappa shape index (κ1) is 44.3. The molecule has 3 fully saturated rings. The molecule has 3 heterocycles. The largest absolute Gasteiger partial charge is 0.472 e. The molecular weight excluding hydrogens is 766 g/mol. The van der Waals surface area contributed by atoms with Crippen molar-refractivity contribution in [1.29, 1.82) is 0 Å². The maximum absolute atomic E-state index is 14.9. The molecule has 5 N–H and O–H groups in total. The molecule has 0 aromatic carbocycles. The Hall–Kier alpha value is -4.79. The van der Waals surface area contributed by atoms with E-state index in [0.717, 1.165) is 32.1 Å². The number of ketones is 2. The number of ether oxygens (including phenoxy) is 1. The highest BCUT2D eigenvalue weighted by atomic mass is 35.5. The van der Waals surface area contributed by atoms with Crippen molar-refractivity contribution in [2.24, 2.45) is 11.3 Å². The van der Waals surface area contributed by atoms with Crippen LogP contribution in [-0.2, 0) is 24.0 Å². The van der Waals surface area contributed by atoms with Gasteiger partial charge in [0.05, 0.1) is 23.2 Å². The van der Waals surface area contributed by atoms with Crippen LogP contribution in [0.1, 0.15) is 131 Å². The molecule has 1 saturated heterocycles. The summed E-state index contributed by atoms with van der Waals surface area (Å²) in [5.41, 5.74) is 0.771. The average molecular weight is 824 g/mol. The Morgan fingerprint density at radius 3 is 2.26 bits per heavy atom. The summed E-state index contributed by atoms with van der Waals surface area (Å²) in [5.74, 6) is -4.17. The van der Waals surface area contributed by atoms with Gasteiger partial charge in [-0.25, -0.2) is 4.98 Å². The van der Waals surface area contributed by atoms with Crippen molar-refractivity contribution in [3.05, 3.63) is 45.9 Å². The number of aromatic amines is 1. The number of rotatable bonds is 16. The third kappa shape index (κ3) is 10.8. The van der Waals surface area contributed by atoms with Crippen LogP contribution in [0.2, 0.25) is 5.02 Å². The maximum atomic E-state index is 14.9. The number of halogens is 1. The predicted molar refractivity (Wildman–Crippen MR) is 216 cm³/mol. The zero-order valence-electron chi connectivity index (χ0n) is 34.6. The second-order valence-electron chi connectivity index (χ2n) is 17.1. The smallest absolute Gasteiger partial charge is 0.289 e. The van der Waals surface area contributed by atoms with Gasteiger partial charge in [0.1, 0.15) is 29.9 Å². The summed E-state index contributed by atoms with van der Waals surface area (Å²) >= 11 is 6.03. The minimum Gasteiger partial charge on any atom is -0.472 e. The first-order valence-corrected chi connectivity index (χ1v) is 20.8. The lowest BCUT2D eigenvalue weighted by atomic mass is 9.82. The molecule has 58 heavy (non-hydrogen) atoms. The minimum absolute atomic E-state index is 0.0300. The van der Waals surface area contributed by atoms with E-state index in [0.29, 0.717) is 35.5 Å². The molecule has 2 aromatic rings. The molecule has 2 aromatic heterocycles. The highest BCUT2D eigenvalue weighted by molar-refractivity contribution is 6.38. The van der Waals surface area contributed by atoms with Crippen LogP contribution in [0, 0.1) is 25.2 Å². The summed E-state index contributed by atoms with van der Waals surface area (Å²) in [4.78, 5) is 105. The monoisotopic (exact) mass is 823 g/mol. The lowest BCUT2D eigenvalue weighted by Gasteiger charge is -2.37. The van der Waals surface area contributed by atoms with E-state index in [1.54, 1.807) is 46.8 Å². The number of nitrogens with one attached hydrogen (secondary N) is 5. The molecule has 2 aliphatic carbocycles. The molecule has 0 bridgehead atoms. The van der Waals surface area contributed by atoms with Gasteiger partial charge < -0.3 is 35.9 Å². The molecule has 5 amide bonds. The summed E-state index contributed by atoms with van der Waals surface area (Å²) in [6, 6.07) is -1.32. The summed E-state index contributed by atoms with van der Waals surface area (Å²) in [6.07, 6.45) is 7.11. The van der Waals surface area contributed by atoms with Gasteiger partial charge in [0.25, 0.3) is 11.8 Å². The number of carbonyl (C=O) groups excluding carboxylic acids is 7. The minimum atomic E-state index is -1.18. The third-order valence-electron chi connectivity index (χ3n) is 11.4. The van der Waals surface area contributed by atoms with Gasteiger partial charge in [0.2, 0.25) is 29.4 Å². The Balaban J connectivity index is 1.42. The Labute approximate surface area is 344 Å². The number of carbonyl (C=O) groups is 7. The number of likely N-dealkylation sites (tertiary alicyclic amines) is 1. The SMILES string of the molecule is CCC[C@H](NC(=O)[C@@H]1CC(Oc2ccc(Cl)cn2)CN1C(=O)[C@@H](NC(=O)[C@@H](NC(=O)c1[nH]c(C)c(C)c1C(C)=O)C1CCCCC1)C(C)(C)C)C(=O)C(=O)NC1CC1. The quantitative estimate of drug-likeness (QED) is 0.121. The lowest BCUT2D eigenvalue weighted by molar-refractivity contribution is -0.145. The van der Waals surface area contributed by atoms with Crippen LogP contribution >= 0.6 is 11.6 Å². The van der Waals surface area contributed by atoms with Crippen LogP contribution < -0.4 is 26.0 Å². The second-order valence-corrected chi connectivity index (χ2v) is 17.5. The zero-order chi connectivity index (χ0) is 42.5. The topological polar surface area (TPSA) is 209 Å². The van der Waals surface area contributed by atoms with E-state index in [-0.39, 0.29) is 54.3 Å². The molecule has 0 spiro atoms.